The van der Waals surface area contributed by atoms with Crippen molar-refractivity contribution in [3.05, 3.63) is 59.7 Å². The zero-order valence-corrected chi connectivity index (χ0v) is 15.9. The van der Waals surface area contributed by atoms with Gasteiger partial charge < -0.3 is 24.1 Å². The summed E-state index contributed by atoms with van der Waals surface area (Å²) in [6.07, 6.45) is 0.130. The van der Waals surface area contributed by atoms with E-state index in [1.165, 1.54) is 14.2 Å². The lowest BCUT2D eigenvalue weighted by Gasteiger charge is -2.11. The summed E-state index contributed by atoms with van der Waals surface area (Å²) >= 11 is 0. The first-order valence-electron chi connectivity index (χ1n) is 8.82. The number of esters is 1. The van der Waals surface area contributed by atoms with Crippen molar-refractivity contribution in [3.63, 3.8) is 0 Å². The molecule has 7 nitrogen and oxygen atoms in total. The van der Waals surface area contributed by atoms with E-state index in [0.717, 1.165) is 5.56 Å². The Morgan fingerprint density at radius 3 is 1.89 bits per heavy atom. The second-order valence-corrected chi connectivity index (χ2v) is 5.98. The zero-order valence-electron chi connectivity index (χ0n) is 15.9. The number of carboxylic acids is 1. The molecule has 0 unspecified atom stereocenters. The van der Waals surface area contributed by atoms with E-state index < -0.39 is 12.1 Å². The fraction of sp³-hybridized carbons (Fsp3) is 0.333. The molecule has 0 fully saturated rings. The average Bonchev–Trinajstić information content (AvgIpc) is 2.72. The Bertz CT molecular complexity index is 753. The molecule has 0 amide bonds. The maximum absolute atomic E-state index is 11.4. The first-order valence-corrected chi connectivity index (χ1v) is 8.82. The van der Waals surface area contributed by atoms with Crippen molar-refractivity contribution in [2.75, 3.05) is 27.4 Å². The number of rotatable bonds is 11. The molecule has 1 N–H and O–H groups in total. The summed E-state index contributed by atoms with van der Waals surface area (Å²) in [4.78, 5) is 22.4. The number of carbonyl (C=O) groups excluding carboxylic acids is 1. The number of hydrogen-bond acceptors (Lipinski definition) is 6. The van der Waals surface area contributed by atoms with Crippen molar-refractivity contribution in [1.29, 1.82) is 0 Å². The summed E-state index contributed by atoms with van der Waals surface area (Å²) < 4.78 is 20.8. The quantitative estimate of drug-likeness (QED) is 0.467. The van der Waals surface area contributed by atoms with Crippen LogP contribution in [0.5, 0.6) is 11.5 Å². The standard InChI is InChI=1S/C21H24O7/c1-25-19(20(22)23)14-15-4-8-17(9-5-15)27-12-3-13-28-18-10-6-16(7-11-18)21(24)26-2/h4-11,19H,3,12-14H2,1-2H3,(H,22,23)/t19-/m0/s1. The van der Waals surface area contributed by atoms with E-state index in [0.29, 0.717) is 43.1 Å². The third-order valence-corrected chi connectivity index (χ3v) is 4.01. The van der Waals surface area contributed by atoms with Crippen LogP contribution < -0.4 is 9.47 Å². The molecule has 28 heavy (non-hydrogen) atoms. The monoisotopic (exact) mass is 388 g/mol. The summed E-state index contributed by atoms with van der Waals surface area (Å²) in [6.45, 7) is 0.958. The number of benzene rings is 2. The van der Waals surface area contributed by atoms with Crippen molar-refractivity contribution in [1.82, 2.24) is 0 Å². The van der Waals surface area contributed by atoms with E-state index in [9.17, 15) is 9.59 Å². The average molecular weight is 388 g/mol. The summed E-state index contributed by atoms with van der Waals surface area (Å²) in [5, 5.41) is 9.01. The largest absolute Gasteiger partial charge is 0.493 e. The van der Waals surface area contributed by atoms with Crippen molar-refractivity contribution >= 4 is 11.9 Å². The van der Waals surface area contributed by atoms with Gasteiger partial charge in [-0.1, -0.05) is 12.1 Å². The predicted octanol–water partition coefficient (Wildman–Crippen LogP) is 2.96. The van der Waals surface area contributed by atoms with Crippen LogP contribution in [0, 0.1) is 0 Å². The molecule has 0 bridgehead atoms. The molecule has 0 saturated carbocycles. The van der Waals surface area contributed by atoms with E-state index in [1.54, 1.807) is 36.4 Å². The molecule has 150 valence electrons. The highest BCUT2D eigenvalue weighted by atomic mass is 16.5. The Balaban J connectivity index is 1.69. The van der Waals surface area contributed by atoms with Gasteiger partial charge in [0, 0.05) is 20.0 Å². The van der Waals surface area contributed by atoms with Gasteiger partial charge in [0.2, 0.25) is 0 Å². The molecule has 0 aliphatic heterocycles. The van der Waals surface area contributed by atoms with Crippen molar-refractivity contribution in [3.8, 4) is 11.5 Å². The van der Waals surface area contributed by atoms with Gasteiger partial charge in [0.25, 0.3) is 0 Å². The minimum absolute atomic E-state index is 0.300. The van der Waals surface area contributed by atoms with Crippen LogP contribution in [0.25, 0.3) is 0 Å². The van der Waals surface area contributed by atoms with E-state index >= 15 is 0 Å². The van der Waals surface area contributed by atoms with Gasteiger partial charge in [-0.15, -0.1) is 0 Å². The summed E-state index contributed by atoms with van der Waals surface area (Å²) in [5.74, 6) is 0.00744. The van der Waals surface area contributed by atoms with Gasteiger partial charge in [0.15, 0.2) is 6.10 Å². The molecule has 0 aliphatic carbocycles. The Hall–Kier alpha value is -3.06. The molecule has 0 aliphatic rings. The van der Waals surface area contributed by atoms with Crippen molar-refractivity contribution < 1.29 is 33.6 Å². The van der Waals surface area contributed by atoms with Crippen LogP contribution in [-0.2, 0) is 20.7 Å². The summed E-state index contributed by atoms with van der Waals surface area (Å²) in [7, 11) is 2.72. The number of ether oxygens (including phenoxy) is 4. The van der Waals surface area contributed by atoms with Gasteiger partial charge >= 0.3 is 11.9 Å². The van der Waals surface area contributed by atoms with Gasteiger partial charge in [-0.05, 0) is 42.0 Å². The third-order valence-electron chi connectivity index (χ3n) is 4.01. The number of hydrogen-bond donors (Lipinski definition) is 1. The van der Waals surface area contributed by atoms with Crippen LogP contribution in [0.1, 0.15) is 22.3 Å². The Morgan fingerprint density at radius 2 is 1.43 bits per heavy atom. The Labute approximate surface area is 163 Å². The minimum atomic E-state index is -0.984. The molecular formula is C21H24O7. The molecule has 0 radical (unpaired) electrons. The van der Waals surface area contributed by atoms with Crippen molar-refractivity contribution in [2.24, 2.45) is 0 Å². The molecule has 7 heteroatoms. The van der Waals surface area contributed by atoms with Gasteiger partial charge in [0.1, 0.15) is 11.5 Å². The number of carbonyl (C=O) groups is 2. The van der Waals surface area contributed by atoms with Crippen LogP contribution in [0.3, 0.4) is 0 Å². The Kier molecular flexibility index (Phi) is 8.30. The second-order valence-electron chi connectivity index (χ2n) is 5.98. The second kappa shape index (κ2) is 10.9. The number of methoxy groups -OCH3 is 2. The van der Waals surface area contributed by atoms with E-state index in [4.69, 9.17) is 19.3 Å². The van der Waals surface area contributed by atoms with Gasteiger partial charge in [-0.25, -0.2) is 9.59 Å². The lowest BCUT2D eigenvalue weighted by atomic mass is 10.1. The van der Waals surface area contributed by atoms with Gasteiger partial charge in [-0.3, -0.25) is 0 Å². The molecular weight excluding hydrogens is 364 g/mol. The molecule has 0 aromatic heterocycles. The first kappa shape index (κ1) is 21.2. The predicted molar refractivity (Wildman–Crippen MR) is 102 cm³/mol. The summed E-state index contributed by atoms with van der Waals surface area (Å²) in [5.41, 5.74) is 1.34. The zero-order chi connectivity index (χ0) is 20.4. The minimum Gasteiger partial charge on any atom is -0.493 e. The highest BCUT2D eigenvalue weighted by Crippen LogP contribution is 2.15. The number of aliphatic carboxylic acids is 1. The molecule has 0 spiro atoms. The first-order chi connectivity index (χ1) is 13.5. The molecule has 1 atom stereocenters. The molecule has 2 aromatic carbocycles. The summed E-state index contributed by atoms with van der Waals surface area (Å²) in [6, 6.07) is 14.0. The smallest absolute Gasteiger partial charge is 0.337 e. The topological polar surface area (TPSA) is 91.3 Å². The molecule has 0 saturated heterocycles. The Morgan fingerprint density at radius 1 is 0.893 bits per heavy atom. The molecule has 2 aromatic rings. The maximum atomic E-state index is 11.4. The third kappa shape index (κ3) is 6.59. The van der Waals surface area contributed by atoms with Crippen LogP contribution in [0.4, 0.5) is 0 Å². The highest BCUT2D eigenvalue weighted by molar-refractivity contribution is 5.89. The van der Waals surface area contributed by atoms with Crippen molar-refractivity contribution in [2.45, 2.75) is 18.9 Å². The normalized spacial score (nSPS) is 11.5. The SMILES string of the molecule is COC(=O)c1ccc(OCCCOc2ccc(C[C@H](OC)C(=O)O)cc2)cc1. The fourth-order valence-electron chi connectivity index (χ4n) is 2.45. The van der Waals surface area contributed by atoms with Crippen LogP contribution in [0.15, 0.2) is 48.5 Å². The van der Waals surface area contributed by atoms with E-state index in [-0.39, 0.29) is 5.97 Å². The lowest BCUT2D eigenvalue weighted by Crippen LogP contribution is -2.24. The maximum Gasteiger partial charge on any atom is 0.337 e. The lowest BCUT2D eigenvalue weighted by molar-refractivity contribution is -0.148. The van der Waals surface area contributed by atoms with Crippen LogP contribution >= 0.6 is 0 Å². The highest BCUT2D eigenvalue weighted by Gasteiger charge is 2.16. The van der Waals surface area contributed by atoms with Gasteiger partial charge in [-0.2, -0.15) is 0 Å². The van der Waals surface area contributed by atoms with Crippen LogP contribution in [-0.4, -0.2) is 50.6 Å². The molecule has 2 rings (SSSR count). The fourth-order valence-corrected chi connectivity index (χ4v) is 2.45. The molecule has 0 heterocycles. The van der Waals surface area contributed by atoms with E-state index in [1.807, 2.05) is 12.1 Å². The van der Waals surface area contributed by atoms with E-state index in [2.05, 4.69) is 4.74 Å². The number of carboxylic acid groups (broad SMARTS) is 1. The van der Waals surface area contributed by atoms with Gasteiger partial charge in [0.05, 0.1) is 25.9 Å². The van der Waals surface area contributed by atoms with Crippen LogP contribution in [0.2, 0.25) is 0 Å².